The number of nitrogens with one attached hydrogen (secondary N) is 1. The quantitative estimate of drug-likeness (QED) is 0.739. The lowest BCUT2D eigenvalue weighted by molar-refractivity contribution is -0.116. The third-order valence-corrected chi connectivity index (χ3v) is 0.624. The minimum absolute atomic E-state index is 0.196. The van der Waals surface area contributed by atoms with Crippen LogP contribution >= 0.6 is 0 Å². The Hall–Kier alpha value is -0.370. The molecule has 0 rings (SSSR count). The van der Waals surface area contributed by atoms with Crippen molar-refractivity contribution >= 4 is 5.78 Å². The van der Waals surface area contributed by atoms with E-state index in [0.717, 1.165) is 12.5 Å². The maximum atomic E-state index is 10.1. The molecule has 1 N–H and O–H groups in total. The SMILES string of the molecule is CC.CC(C)C.CCNCC(C)=O. The predicted octanol–water partition coefficient (Wildman–Crippen LogP) is 2.87. The Morgan fingerprint density at radius 3 is 1.62 bits per heavy atom. The van der Waals surface area contributed by atoms with Gasteiger partial charge in [-0.15, -0.1) is 0 Å². The summed E-state index contributed by atoms with van der Waals surface area (Å²) < 4.78 is 0. The summed E-state index contributed by atoms with van der Waals surface area (Å²) in [6, 6.07) is 0. The first-order chi connectivity index (χ1) is 6.00. The number of hydrogen-bond donors (Lipinski definition) is 1. The minimum atomic E-state index is 0.196. The molecular formula is C11H27NO. The van der Waals surface area contributed by atoms with Gasteiger partial charge in [-0.05, 0) is 19.4 Å². The molecular weight excluding hydrogens is 162 g/mol. The molecule has 82 valence electrons. The number of hydrogen-bond acceptors (Lipinski definition) is 2. The number of carbonyl (C=O) groups is 1. The normalized spacial score (nSPS) is 8.00. The van der Waals surface area contributed by atoms with Gasteiger partial charge >= 0.3 is 0 Å². The molecule has 0 bridgehead atoms. The molecule has 0 aromatic carbocycles. The predicted molar refractivity (Wildman–Crippen MR) is 61.1 cm³/mol. The van der Waals surface area contributed by atoms with Gasteiger partial charge in [0.05, 0.1) is 6.54 Å². The molecule has 0 unspecified atom stereocenters. The smallest absolute Gasteiger partial charge is 0.143 e. The molecule has 0 aromatic rings. The van der Waals surface area contributed by atoms with Crippen LogP contribution in [0.4, 0.5) is 0 Å². The summed E-state index contributed by atoms with van der Waals surface area (Å²) >= 11 is 0. The lowest BCUT2D eigenvalue weighted by Crippen LogP contribution is -2.19. The first kappa shape index (κ1) is 18.4. The molecule has 0 fully saturated rings. The van der Waals surface area contributed by atoms with Crippen molar-refractivity contribution in [2.24, 2.45) is 5.92 Å². The summed E-state index contributed by atoms with van der Waals surface area (Å²) in [5.74, 6) is 1.03. The van der Waals surface area contributed by atoms with Crippen LogP contribution in [0.3, 0.4) is 0 Å². The average molecular weight is 189 g/mol. The number of carbonyl (C=O) groups excluding carboxylic acids is 1. The zero-order valence-corrected chi connectivity index (χ0v) is 10.4. The van der Waals surface area contributed by atoms with E-state index in [-0.39, 0.29) is 5.78 Å². The highest BCUT2D eigenvalue weighted by molar-refractivity contribution is 5.77. The summed E-state index contributed by atoms with van der Waals surface area (Å²) in [4.78, 5) is 10.1. The second kappa shape index (κ2) is 17.6. The standard InChI is InChI=1S/C5H11NO.C4H10.C2H6/c1-3-6-4-5(2)7;1-4(2)3;1-2/h6H,3-4H2,1-2H3;4H,1-3H3;1-2H3. The number of Topliss-reactive ketones (excluding diaryl/α,β-unsaturated/α-hetero) is 1. The molecule has 0 saturated heterocycles. The van der Waals surface area contributed by atoms with Crippen LogP contribution < -0.4 is 5.32 Å². The molecule has 2 heteroatoms. The Kier molecular flexibility index (Phi) is 25.0. The fourth-order valence-electron chi connectivity index (χ4n) is 0.301. The molecule has 2 nitrogen and oxygen atoms in total. The zero-order valence-electron chi connectivity index (χ0n) is 10.4. The summed E-state index contributed by atoms with van der Waals surface area (Å²) in [7, 11) is 0. The first-order valence-corrected chi connectivity index (χ1v) is 5.20. The van der Waals surface area contributed by atoms with Crippen molar-refractivity contribution in [3.63, 3.8) is 0 Å². The molecule has 0 aliphatic rings. The van der Waals surface area contributed by atoms with Crippen molar-refractivity contribution in [1.29, 1.82) is 0 Å². The Labute approximate surface area is 84.1 Å². The van der Waals surface area contributed by atoms with Crippen molar-refractivity contribution in [3.05, 3.63) is 0 Å². The van der Waals surface area contributed by atoms with Crippen LogP contribution in [0.2, 0.25) is 0 Å². The van der Waals surface area contributed by atoms with Crippen molar-refractivity contribution in [2.45, 2.75) is 48.5 Å². The Morgan fingerprint density at radius 2 is 1.54 bits per heavy atom. The lowest BCUT2D eigenvalue weighted by atomic mass is 10.3. The molecule has 0 heterocycles. The van der Waals surface area contributed by atoms with Gasteiger partial charge in [-0.2, -0.15) is 0 Å². The molecule has 0 atom stereocenters. The van der Waals surface area contributed by atoms with Crippen LogP contribution in [0.25, 0.3) is 0 Å². The van der Waals surface area contributed by atoms with Gasteiger partial charge in [-0.3, -0.25) is 4.79 Å². The second-order valence-corrected chi connectivity index (χ2v) is 3.21. The third-order valence-electron chi connectivity index (χ3n) is 0.624. The van der Waals surface area contributed by atoms with E-state index < -0.39 is 0 Å². The number of ketones is 1. The van der Waals surface area contributed by atoms with E-state index in [4.69, 9.17) is 0 Å². The zero-order chi connectivity index (χ0) is 11.3. The van der Waals surface area contributed by atoms with Gasteiger partial charge in [0, 0.05) is 0 Å². The van der Waals surface area contributed by atoms with E-state index in [1.807, 2.05) is 20.8 Å². The largest absolute Gasteiger partial charge is 0.310 e. The lowest BCUT2D eigenvalue weighted by Gasteiger charge is -1.91. The van der Waals surface area contributed by atoms with Crippen LogP contribution in [-0.2, 0) is 4.79 Å². The maximum Gasteiger partial charge on any atom is 0.143 e. The van der Waals surface area contributed by atoms with Gasteiger partial charge in [-0.1, -0.05) is 41.5 Å². The van der Waals surface area contributed by atoms with Crippen LogP contribution in [0, 0.1) is 5.92 Å². The van der Waals surface area contributed by atoms with Gasteiger partial charge in [0.2, 0.25) is 0 Å². The van der Waals surface area contributed by atoms with E-state index in [2.05, 4.69) is 26.1 Å². The highest BCUT2D eigenvalue weighted by Crippen LogP contribution is 1.81. The Morgan fingerprint density at radius 1 is 1.23 bits per heavy atom. The van der Waals surface area contributed by atoms with Gasteiger partial charge in [-0.25, -0.2) is 0 Å². The average Bonchev–Trinajstić information content (AvgIpc) is 2.03. The fourth-order valence-corrected chi connectivity index (χ4v) is 0.301. The van der Waals surface area contributed by atoms with Crippen LogP contribution in [0.15, 0.2) is 0 Å². The molecule has 0 aliphatic carbocycles. The molecule has 0 aliphatic heterocycles. The number of likely N-dealkylation sites (N-methyl/N-ethyl adjacent to an activating group) is 1. The molecule has 13 heavy (non-hydrogen) atoms. The third kappa shape index (κ3) is 81.9. The van der Waals surface area contributed by atoms with Gasteiger partial charge in [0.25, 0.3) is 0 Å². The van der Waals surface area contributed by atoms with Gasteiger partial charge < -0.3 is 5.32 Å². The van der Waals surface area contributed by atoms with Gasteiger partial charge in [0.15, 0.2) is 0 Å². The van der Waals surface area contributed by atoms with E-state index in [1.54, 1.807) is 6.92 Å². The highest BCUT2D eigenvalue weighted by Gasteiger charge is 1.85. The molecule has 0 aromatic heterocycles. The number of rotatable bonds is 3. The first-order valence-electron chi connectivity index (χ1n) is 5.20. The van der Waals surface area contributed by atoms with Crippen molar-refractivity contribution < 1.29 is 4.79 Å². The van der Waals surface area contributed by atoms with E-state index in [1.165, 1.54) is 0 Å². The Bertz CT molecular complexity index is 87.3. The van der Waals surface area contributed by atoms with Crippen molar-refractivity contribution in [2.75, 3.05) is 13.1 Å². The summed E-state index contributed by atoms with van der Waals surface area (Å²) in [6.07, 6.45) is 0. The second-order valence-electron chi connectivity index (χ2n) is 3.21. The fraction of sp³-hybridized carbons (Fsp3) is 0.909. The van der Waals surface area contributed by atoms with Crippen molar-refractivity contribution in [3.8, 4) is 0 Å². The van der Waals surface area contributed by atoms with Crippen LogP contribution in [0.1, 0.15) is 48.5 Å². The van der Waals surface area contributed by atoms with E-state index in [0.29, 0.717) is 6.54 Å². The van der Waals surface area contributed by atoms with Gasteiger partial charge in [0.1, 0.15) is 5.78 Å². The highest BCUT2D eigenvalue weighted by atomic mass is 16.1. The topological polar surface area (TPSA) is 29.1 Å². The molecule has 0 amide bonds. The van der Waals surface area contributed by atoms with E-state index >= 15 is 0 Å². The monoisotopic (exact) mass is 189 g/mol. The minimum Gasteiger partial charge on any atom is -0.310 e. The summed E-state index contributed by atoms with van der Waals surface area (Å²) in [5, 5.41) is 2.90. The van der Waals surface area contributed by atoms with Crippen LogP contribution in [0.5, 0.6) is 0 Å². The molecule has 0 saturated carbocycles. The van der Waals surface area contributed by atoms with E-state index in [9.17, 15) is 4.79 Å². The van der Waals surface area contributed by atoms with Crippen molar-refractivity contribution in [1.82, 2.24) is 5.32 Å². The maximum absolute atomic E-state index is 10.1. The Balaban J connectivity index is -0.000000142. The summed E-state index contributed by atoms with van der Waals surface area (Å²) in [5.41, 5.74) is 0. The summed E-state index contributed by atoms with van der Waals surface area (Å²) in [6.45, 7) is 15.4. The van der Waals surface area contributed by atoms with Crippen LogP contribution in [-0.4, -0.2) is 18.9 Å². The molecule has 0 radical (unpaired) electrons. The molecule has 0 spiro atoms.